The highest BCUT2D eigenvalue weighted by atomic mass is 79.9. The van der Waals surface area contributed by atoms with E-state index in [0.29, 0.717) is 23.6 Å². The smallest absolute Gasteiger partial charge is 0.337 e. The van der Waals surface area contributed by atoms with Crippen molar-refractivity contribution in [3.63, 3.8) is 0 Å². The number of ether oxygens (including phenoxy) is 2. The van der Waals surface area contributed by atoms with Crippen LogP contribution in [0.4, 0.5) is 4.79 Å². The fraction of sp³-hybridized carbons (Fsp3) is 0.200. The van der Waals surface area contributed by atoms with Crippen LogP contribution in [0.15, 0.2) is 64.3 Å². The molecule has 1 aliphatic rings. The standard InChI is InChI=1S/C20H19BrN2O4/c1-12-17(19(24)26-2)18(23-20(25)22-12)14-8-9-16(15(21)10-14)27-11-13-6-4-3-5-7-13/h3-10,18H,11H2,1-2H3,(H2,22,23,25)/t18-/m1/s1. The first-order valence-corrected chi connectivity index (χ1v) is 9.11. The van der Waals surface area contributed by atoms with Crippen molar-refractivity contribution in [2.45, 2.75) is 19.6 Å². The average Bonchev–Trinajstić information content (AvgIpc) is 2.66. The normalized spacial score (nSPS) is 16.4. The van der Waals surface area contributed by atoms with E-state index in [2.05, 4.69) is 26.6 Å². The van der Waals surface area contributed by atoms with Crippen LogP contribution in [-0.2, 0) is 16.1 Å². The van der Waals surface area contributed by atoms with E-state index in [1.165, 1.54) is 7.11 Å². The van der Waals surface area contributed by atoms with Crippen LogP contribution in [0.2, 0.25) is 0 Å². The Hall–Kier alpha value is -2.80. The fourth-order valence-corrected chi connectivity index (χ4v) is 3.38. The van der Waals surface area contributed by atoms with Gasteiger partial charge in [-0.25, -0.2) is 9.59 Å². The molecule has 0 fully saturated rings. The number of nitrogens with one attached hydrogen (secondary N) is 2. The minimum Gasteiger partial charge on any atom is -0.488 e. The highest BCUT2D eigenvalue weighted by Crippen LogP contribution is 2.33. The number of carbonyl (C=O) groups excluding carboxylic acids is 2. The molecule has 0 aromatic heterocycles. The molecule has 0 bridgehead atoms. The van der Waals surface area contributed by atoms with Crippen molar-refractivity contribution in [3.05, 3.63) is 75.4 Å². The number of allylic oxidation sites excluding steroid dienone is 1. The lowest BCUT2D eigenvalue weighted by Crippen LogP contribution is -2.45. The zero-order valence-electron chi connectivity index (χ0n) is 14.9. The summed E-state index contributed by atoms with van der Waals surface area (Å²) in [5.74, 6) is 0.175. The Morgan fingerprint density at radius 2 is 1.93 bits per heavy atom. The van der Waals surface area contributed by atoms with Crippen LogP contribution in [0, 0.1) is 0 Å². The lowest BCUT2D eigenvalue weighted by molar-refractivity contribution is -0.136. The van der Waals surface area contributed by atoms with Crippen molar-refractivity contribution in [1.82, 2.24) is 10.6 Å². The van der Waals surface area contributed by atoms with E-state index in [-0.39, 0.29) is 6.03 Å². The zero-order valence-corrected chi connectivity index (χ0v) is 16.5. The maximum Gasteiger partial charge on any atom is 0.337 e. The molecule has 0 saturated heterocycles. The molecule has 140 valence electrons. The number of halogens is 1. The largest absolute Gasteiger partial charge is 0.488 e. The van der Waals surface area contributed by atoms with Gasteiger partial charge in [0.25, 0.3) is 0 Å². The Morgan fingerprint density at radius 3 is 2.59 bits per heavy atom. The van der Waals surface area contributed by atoms with E-state index < -0.39 is 12.0 Å². The summed E-state index contributed by atoms with van der Waals surface area (Å²) in [6.45, 7) is 2.11. The highest BCUT2D eigenvalue weighted by Gasteiger charge is 2.32. The minimum atomic E-state index is -0.606. The van der Waals surface area contributed by atoms with Gasteiger partial charge >= 0.3 is 12.0 Å². The van der Waals surface area contributed by atoms with Gasteiger partial charge in [-0.3, -0.25) is 0 Å². The molecular weight excluding hydrogens is 412 g/mol. The molecular formula is C20H19BrN2O4. The van der Waals surface area contributed by atoms with Gasteiger partial charge in [0.15, 0.2) is 0 Å². The van der Waals surface area contributed by atoms with Crippen LogP contribution >= 0.6 is 15.9 Å². The van der Waals surface area contributed by atoms with Crippen molar-refractivity contribution in [1.29, 1.82) is 0 Å². The third-order valence-electron chi connectivity index (χ3n) is 4.20. The van der Waals surface area contributed by atoms with Gasteiger partial charge in [0.05, 0.1) is 23.2 Å². The van der Waals surface area contributed by atoms with Gasteiger partial charge in [0.1, 0.15) is 12.4 Å². The number of benzene rings is 2. The summed E-state index contributed by atoms with van der Waals surface area (Å²) >= 11 is 3.51. The molecule has 2 N–H and O–H groups in total. The van der Waals surface area contributed by atoms with Crippen LogP contribution in [0.5, 0.6) is 5.75 Å². The molecule has 6 nitrogen and oxygen atoms in total. The number of esters is 1. The van der Waals surface area contributed by atoms with E-state index in [9.17, 15) is 9.59 Å². The molecule has 0 saturated carbocycles. The SMILES string of the molecule is COC(=O)C1=C(C)NC(=O)N[C@@H]1c1ccc(OCc2ccccc2)c(Br)c1. The maximum absolute atomic E-state index is 12.2. The first-order chi connectivity index (χ1) is 13.0. The quantitative estimate of drug-likeness (QED) is 0.706. The van der Waals surface area contributed by atoms with Gasteiger partial charge in [-0.1, -0.05) is 36.4 Å². The summed E-state index contributed by atoms with van der Waals surface area (Å²) < 4.78 is 11.4. The van der Waals surface area contributed by atoms with E-state index in [1.807, 2.05) is 42.5 Å². The molecule has 2 amide bonds. The van der Waals surface area contributed by atoms with Gasteiger partial charge in [0, 0.05) is 5.70 Å². The number of hydrogen-bond donors (Lipinski definition) is 2. The summed E-state index contributed by atoms with van der Waals surface area (Å²) in [5.41, 5.74) is 2.63. The van der Waals surface area contributed by atoms with Crippen LogP contribution in [0.1, 0.15) is 24.1 Å². The molecule has 0 aliphatic carbocycles. The molecule has 2 aromatic rings. The average molecular weight is 431 g/mol. The van der Waals surface area contributed by atoms with Crippen molar-refractivity contribution >= 4 is 27.9 Å². The molecule has 0 radical (unpaired) electrons. The lowest BCUT2D eigenvalue weighted by Gasteiger charge is -2.28. The number of amides is 2. The number of hydrogen-bond acceptors (Lipinski definition) is 4. The summed E-state index contributed by atoms with van der Waals surface area (Å²) in [6, 6.07) is 14.3. The second-order valence-electron chi connectivity index (χ2n) is 6.03. The Bertz CT molecular complexity index is 896. The van der Waals surface area contributed by atoms with Gasteiger partial charge < -0.3 is 20.1 Å². The lowest BCUT2D eigenvalue weighted by atomic mass is 9.95. The van der Waals surface area contributed by atoms with Crippen molar-refractivity contribution in [2.24, 2.45) is 0 Å². The van der Waals surface area contributed by atoms with Crippen molar-refractivity contribution in [2.75, 3.05) is 7.11 Å². The number of urea groups is 1. The molecule has 0 spiro atoms. The second-order valence-corrected chi connectivity index (χ2v) is 6.88. The Balaban J connectivity index is 1.84. The zero-order chi connectivity index (χ0) is 19.4. The molecule has 2 aromatic carbocycles. The van der Waals surface area contributed by atoms with E-state index in [0.717, 1.165) is 15.6 Å². The molecule has 27 heavy (non-hydrogen) atoms. The van der Waals surface area contributed by atoms with Gasteiger partial charge in [-0.2, -0.15) is 0 Å². The Labute approximate surface area is 165 Å². The van der Waals surface area contributed by atoms with E-state index in [4.69, 9.17) is 9.47 Å². The van der Waals surface area contributed by atoms with Crippen molar-refractivity contribution in [3.8, 4) is 5.75 Å². The minimum absolute atomic E-state index is 0.363. The molecule has 7 heteroatoms. The number of rotatable bonds is 5. The monoisotopic (exact) mass is 430 g/mol. The Morgan fingerprint density at radius 1 is 1.19 bits per heavy atom. The van der Waals surface area contributed by atoms with Crippen LogP contribution in [-0.4, -0.2) is 19.1 Å². The summed E-state index contributed by atoms with van der Waals surface area (Å²) in [5, 5.41) is 5.36. The van der Waals surface area contributed by atoms with Crippen LogP contribution < -0.4 is 15.4 Å². The van der Waals surface area contributed by atoms with Crippen LogP contribution in [0.3, 0.4) is 0 Å². The summed E-state index contributed by atoms with van der Waals surface area (Å²) in [7, 11) is 1.31. The Kier molecular flexibility index (Phi) is 5.81. The van der Waals surface area contributed by atoms with Gasteiger partial charge in [-0.15, -0.1) is 0 Å². The highest BCUT2D eigenvalue weighted by molar-refractivity contribution is 9.10. The predicted octanol–water partition coefficient (Wildman–Crippen LogP) is 3.83. The maximum atomic E-state index is 12.2. The third kappa shape index (κ3) is 4.31. The summed E-state index contributed by atoms with van der Waals surface area (Å²) in [4.78, 5) is 24.1. The number of carbonyl (C=O) groups is 2. The number of methoxy groups -OCH3 is 1. The topological polar surface area (TPSA) is 76.7 Å². The van der Waals surface area contributed by atoms with E-state index >= 15 is 0 Å². The fourth-order valence-electron chi connectivity index (χ4n) is 2.87. The molecule has 1 atom stereocenters. The molecule has 3 rings (SSSR count). The van der Waals surface area contributed by atoms with Crippen molar-refractivity contribution < 1.29 is 19.1 Å². The molecule has 1 aliphatic heterocycles. The van der Waals surface area contributed by atoms with E-state index in [1.54, 1.807) is 13.0 Å². The van der Waals surface area contributed by atoms with Crippen LogP contribution in [0.25, 0.3) is 0 Å². The second kappa shape index (κ2) is 8.26. The molecule has 0 unspecified atom stereocenters. The molecule has 1 heterocycles. The van der Waals surface area contributed by atoms with Gasteiger partial charge in [-0.05, 0) is 46.1 Å². The first-order valence-electron chi connectivity index (χ1n) is 8.32. The predicted molar refractivity (Wildman–Crippen MR) is 104 cm³/mol. The summed E-state index contributed by atoms with van der Waals surface area (Å²) in [6.07, 6.45) is 0. The first kappa shape index (κ1) is 19.0. The van der Waals surface area contributed by atoms with Gasteiger partial charge in [0.2, 0.25) is 0 Å². The third-order valence-corrected chi connectivity index (χ3v) is 4.82.